The SMILES string of the molecule is O=C(N[C@@H]1N=C(c2ccccc2)c2cc(CO)cc3c2N(CC3)C1=O)c1ccncc1. The number of rotatable bonds is 4. The van der Waals surface area contributed by atoms with Crippen molar-refractivity contribution in [2.75, 3.05) is 11.4 Å². The van der Waals surface area contributed by atoms with Crippen molar-refractivity contribution in [1.82, 2.24) is 10.3 Å². The predicted molar refractivity (Wildman–Crippen MR) is 116 cm³/mol. The van der Waals surface area contributed by atoms with Crippen LogP contribution in [-0.2, 0) is 17.8 Å². The molecule has 0 unspecified atom stereocenters. The van der Waals surface area contributed by atoms with Crippen molar-refractivity contribution in [3.8, 4) is 0 Å². The van der Waals surface area contributed by atoms with Crippen molar-refractivity contribution in [3.05, 3.63) is 94.8 Å². The van der Waals surface area contributed by atoms with Gasteiger partial charge in [0, 0.05) is 35.6 Å². The van der Waals surface area contributed by atoms with Crippen LogP contribution < -0.4 is 10.2 Å². The second-order valence-corrected chi connectivity index (χ2v) is 7.50. The molecule has 0 radical (unpaired) electrons. The van der Waals surface area contributed by atoms with Gasteiger partial charge in [0.15, 0.2) is 0 Å². The second-order valence-electron chi connectivity index (χ2n) is 7.50. The van der Waals surface area contributed by atoms with Crippen LogP contribution in [0.3, 0.4) is 0 Å². The van der Waals surface area contributed by atoms with E-state index >= 15 is 0 Å². The number of nitrogens with one attached hydrogen (secondary N) is 1. The van der Waals surface area contributed by atoms with Gasteiger partial charge in [0.2, 0.25) is 6.17 Å². The van der Waals surface area contributed by atoms with E-state index in [9.17, 15) is 14.7 Å². The number of benzene rings is 2. The van der Waals surface area contributed by atoms with Gasteiger partial charge in [-0.3, -0.25) is 14.6 Å². The zero-order valence-corrected chi connectivity index (χ0v) is 16.7. The molecular formula is C24H20N4O3. The Labute approximate surface area is 179 Å². The molecule has 0 fully saturated rings. The summed E-state index contributed by atoms with van der Waals surface area (Å²) >= 11 is 0. The van der Waals surface area contributed by atoms with E-state index in [-0.39, 0.29) is 12.5 Å². The summed E-state index contributed by atoms with van der Waals surface area (Å²) in [5.41, 5.74) is 5.23. The summed E-state index contributed by atoms with van der Waals surface area (Å²) in [6.45, 7) is 0.410. The first-order valence-corrected chi connectivity index (χ1v) is 10.1. The third-order valence-corrected chi connectivity index (χ3v) is 5.58. The number of hydrogen-bond acceptors (Lipinski definition) is 5. The van der Waals surface area contributed by atoms with Crippen LogP contribution in [0.15, 0.2) is 72.0 Å². The lowest BCUT2D eigenvalue weighted by Crippen LogP contribution is -2.46. The molecule has 0 saturated carbocycles. The summed E-state index contributed by atoms with van der Waals surface area (Å²) in [7, 11) is 0. The zero-order valence-electron chi connectivity index (χ0n) is 16.7. The van der Waals surface area contributed by atoms with Crippen LogP contribution in [0.2, 0.25) is 0 Å². The fourth-order valence-corrected chi connectivity index (χ4v) is 4.14. The number of carbonyl (C=O) groups excluding carboxylic acids is 2. The summed E-state index contributed by atoms with van der Waals surface area (Å²) < 4.78 is 0. The molecule has 3 aromatic rings. The van der Waals surface area contributed by atoms with E-state index in [0.29, 0.717) is 24.2 Å². The average molecular weight is 412 g/mol. The lowest BCUT2D eigenvalue weighted by Gasteiger charge is -2.21. The lowest BCUT2D eigenvalue weighted by molar-refractivity contribution is -0.120. The van der Waals surface area contributed by atoms with Crippen molar-refractivity contribution in [2.45, 2.75) is 19.2 Å². The van der Waals surface area contributed by atoms with Crippen molar-refractivity contribution in [1.29, 1.82) is 0 Å². The fourth-order valence-electron chi connectivity index (χ4n) is 4.14. The monoisotopic (exact) mass is 412 g/mol. The number of aliphatic hydroxyl groups is 1. The van der Waals surface area contributed by atoms with E-state index in [1.165, 1.54) is 12.4 Å². The first-order chi connectivity index (χ1) is 15.2. The largest absolute Gasteiger partial charge is 0.392 e. The van der Waals surface area contributed by atoms with Crippen LogP contribution in [0.1, 0.15) is 32.6 Å². The van der Waals surface area contributed by atoms with Crippen molar-refractivity contribution < 1.29 is 14.7 Å². The average Bonchev–Trinajstić information content (AvgIpc) is 3.21. The summed E-state index contributed by atoms with van der Waals surface area (Å²) in [5.74, 6) is -0.663. The molecule has 2 N–H and O–H groups in total. The van der Waals surface area contributed by atoms with Gasteiger partial charge >= 0.3 is 0 Å². The minimum Gasteiger partial charge on any atom is -0.392 e. The molecule has 2 aliphatic heterocycles. The Hall–Kier alpha value is -3.84. The highest BCUT2D eigenvalue weighted by Crippen LogP contribution is 2.37. The summed E-state index contributed by atoms with van der Waals surface area (Å²) in [5, 5.41) is 12.5. The molecule has 7 heteroatoms. The van der Waals surface area contributed by atoms with Crippen LogP contribution in [0.5, 0.6) is 0 Å². The summed E-state index contributed by atoms with van der Waals surface area (Å²) in [6, 6.07) is 16.6. The molecule has 0 aliphatic carbocycles. The number of anilines is 1. The van der Waals surface area contributed by atoms with E-state index < -0.39 is 12.1 Å². The topological polar surface area (TPSA) is 94.9 Å². The molecule has 5 rings (SSSR count). The van der Waals surface area contributed by atoms with Crippen LogP contribution in [0.25, 0.3) is 0 Å². The molecule has 31 heavy (non-hydrogen) atoms. The normalized spacial score (nSPS) is 17.1. The number of amides is 2. The maximum atomic E-state index is 13.4. The van der Waals surface area contributed by atoms with Gasteiger partial charge in [-0.05, 0) is 35.7 Å². The molecule has 2 amide bonds. The minimum absolute atomic E-state index is 0.0987. The van der Waals surface area contributed by atoms with E-state index in [4.69, 9.17) is 4.99 Å². The number of hydrogen-bond donors (Lipinski definition) is 2. The molecule has 154 valence electrons. The number of pyridine rings is 1. The van der Waals surface area contributed by atoms with Gasteiger partial charge in [0.1, 0.15) is 0 Å². The van der Waals surface area contributed by atoms with Crippen LogP contribution >= 0.6 is 0 Å². The Kier molecular flexibility index (Phi) is 4.80. The quantitative estimate of drug-likeness (QED) is 0.686. The summed E-state index contributed by atoms with van der Waals surface area (Å²) in [6.07, 6.45) is 2.68. The number of aliphatic hydroxyl groups excluding tert-OH is 1. The Morgan fingerprint density at radius 2 is 1.90 bits per heavy atom. The van der Waals surface area contributed by atoms with Gasteiger partial charge in [-0.15, -0.1) is 0 Å². The Bertz CT molecular complexity index is 1190. The van der Waals surface area contributed by atoms with E-state index in [2.05, 4.69) is 10.3 Å². The highest BCUT2D eigenvalue weighted by atomic mass is 16.3. The van der Waals surface area contributed by atoms with Crippen molar-refractivity contribution in [3.63, 3.8) is 0 Å². The van der Waals surface area contributed by atoms with Gasteiger partial charge in [0.25, 0.3) is 11.8 Å². The lowest BCUT2D eigenvalue weighted by atomic mass is 9.95. The van der Waals surface area contributed by atoms with Crippen LogP contribution in [0.4, 0.5) is 5.69 Å². The van der Waals surface area contributed by atoms with Crippen LogP contribution in [-0.4, -0.2) is 40.3 Å². The number of nitrogens with zero attached hydrogens (tertiary/aromatic N) is 3. The molecule has 0 saturated heterocycles. The highest BCUT2D eigenvalue weighted by molar-refractivity contribution is 6.21. The molecule has 2 aliphatic rings. The molecule has 2 aromatic carbocycles. The van der Waals surface area contributed by atoms with Gasteiger partial charge < -0.3 is 15.3 Å². The first kappa shape index (κ1) is 19.1. The molecule has 1 aromatic heterocycles. The fraction of sp³-hybridized carbons (Fsp3) is 0.167. The Morgan fingerprint density at radius 3 is 2.65 bits per heavy atom. The maximum absolute atomic E-state index is 13.4. The third kappa shape index (κ3) is 3.39. The number of aliphatic imine (C=N–C) groups is 1. The molecule has 3 heterocycles. The molecule has 0 bridgehead atoms. The van der Waals surface area contributed by atoms with E-state index in [1.807, 2.05) is 42.5 Å². The number of carbonyl (C=O) groups is 2. The minimum atomic E-state index is -1.06. The summed E-state index contributed by atoms with van der Waals surface area (Å²) in [4.78, 5) is 36.6. The van der Waals surface area contributed by atoms with Crippen molar-refractivity contribution in [2.24, 2.45) is 4.99 Å². The van der Waals surface area contributed by atoms with Gasteiger partial charge in [0.05, 0.1) is 18.0 Å². The Morgan fingerprint density at radius 1 is 1.13 bits per heavy atom. The molecule has 7 nitrogen and oxygen atoms in total. The van der Waals surface area contributed by atoms with Gasteiger partial charge in [-0.2, -0.15) is 0 Å². The highest BCUT2D eigenvalue weighted by Gasteiger charge is 2.37. The zero-order chi connectivity index (χ0) is 21.4. The molecule has 0 spiro atoms. The Balaban J connectivity index is 1.64. The van der Waals surface area contributed by atoms with Gasteiger partial charge in [-0.25, -0.2) is 4.99 Å². The first-order valence-electron chi connectivity index (χ1n) is 10.1. The standard InChI is InChI=1S/C24H20N4O3/c29-14-15-12-18-8-11-28-21(18)19(13-15)20(16-4-2-1-3-5-16)26-22(24(28)31)27-23(30)17-6-9-25-10-7-17/h1-7,9-10,12-13,22,29H,8,11,14H2,(H,27,30)/t22-/m0/s1. The maximum Gasteiger partial charge on any atom is 0.272 e. The third-order valence-electron chi connectivity index (χ3n) is 5.58. The molecule has 1 atom stereocenters. The van der Waals surface area contributed by atoms with Crippen LogP contribution in [0, 0.1) is 0 Å². The van der Waals surface area contributed by atoms with Crippen molar-refractivity contribution >= 4 is 23.2 Å². The predicted octanol–water partition coefficient (Wildman–Crippen LogP) is 2.07. The number of aromatic nitrogens is 1. The van der Waals surface area contributed by atoms with E-state index in [1.54, 1.807) is 17.0 Å². The van der Waals surface area contributed by atoms with Gasteiger partial charge in [-0.1, -0.05) is 36.4 Å². The molecular weight excluding hydrogens is 392 g/mol. The smallest absolute Gasteiger partial charge is 0.272 e. The van der Waals surface area contributed by atoms with E-state index in [0.717, 1.165) is 27.9 Å². The second kappa shape index (κ2) is 7.77.